The fourth-order valence-electron chi connectivity index (χ4n) is 4.29. The molecule has 1 N–H and O–H groups in total. The summed E-state index contributed by atoms with van der Waals surface area (Å²) in [6.45, 7) is 4.20. The van der Waals surface area contributed by atoms with Gasteiger partial charge in [0, 0.05) is 5.56 Å². The van der Waals surface area contributed by atoms with Gasteiger partial charge in [-0.1, -0.05) is 19.1 Å². The zero-order valence-corrected chi connectivity index (χ0v) is 19.4. The molecule has 0 radical (unpaired) electrons. The molecule has 36 heavy (non-hydrogen) atoms. The first-order valence-electron chi connectivity index (χ1n) is 11.2. The van der Waals surface area contributed by atoms with E-state index in [1.807, 2.05) is 24.3 Å². The Hall–Kier alpha value is -4.02. The number of alkyl halides is 3. The van der Waals surface area contributed by atoms with Crippen LogP contribution in [-0.2, 0) is 24.7 Å². The van der Waals surface area contributed by atoms with Crippen LogP contribution in [-0.4, -0.2) is 14.7 Å². The highest BCUT2D eigenvalue weighted by Crippen LogP contribution is 2.55. The minimum Gasteiger partial charge on any atom is -0.487 e. The van der Waals surface area contributed by atoms with E-state index in [1.54, 1.807) is 6.92 Å². The van der Waals surface area contributed by atoms with Crippen molar-refractivity contribution in [3.05, 3.63) is 92.1 Å². The highest BCUT2D eigenvalue weighted by molar-refractivity contribution is 5.54. The molecule has 11 heteroatoms. The summed E-state index contributed by atoms with van der Waals surface area (Å²) < 4.78 is 55.9. The van der Waals surface area contributed by atoms with Gasteiger partial charge in [0.05, 0.1) is 12.1 Å². The Morgan fingerprint density at radius 3 is 2.61 bits per heavy atom. The van der Waals surface area contributed by atoms with Gasteiger partial charge in [-0.05, 0) is 66.6 Å². The van der Waals surface area contributed by atoms with Crippen molar-refractivity contribution in [2.75, 3.05) is 0 Å². The third-order valence-electron chi connectivity index (χ3n) is 6.65. The van der Waals surface area contributed by atoms with Gasteiger partial charge in [-0.25, -0.2) is 19.6 Å². The molecule has 2 unspecified atom stereocenters. The number of nitrogens with zero attached hydrogens (tertiary/aromatic N) is 2. The standard InChI is InChI=1S/C25H22F3N3O5/c1-14-20(29-21(35-14)15-6-8-16(9-7-15)25(26,27)28)13-34-19-5-3-4-17(10-19)24(2)11-18(24)12-31-22(32)30-23(33)36-31/h3-10,18H,11-13H2,1-2H3,(H,30,32,33). The summed E-state index contributed by atoms with van der Waals surface area (Å²) in [4.78, 5) is 29.4. The highest BCUT2D eigenvalue weighted by atomic mass is 19.4. The Morgan fingerprint density at radius 1 is 1.19 bits per heavy atom. The van der Waals surface area contributed by atoms with Crippen molar-refractivity contribution >= 4 is 0 Å². The van der Waals surface area contributed by atoms with E-state index in [1.165, 1.54) is 12.1 Å². The fraction of sp³-hybridized carbons (Fsp3) is 0.320. The summed E-state index contributed by atoms with van der Waals surface area (Å²) in [6.07, 6.45) is -3.59. The Bertz CT molecular complexity index is 1510. The molecule has 5 rings (SSSR count). The van der Waals surface area contributed by atoms with Gasteiger partial charge in [-0.2, -0.15) is 17.9 Å². The van der Waals surface area contributed by atoms with Crippen molar-refractivity contribution in [1.29, 1.82) is 0 Å². The molecule has 1 fully saturated rings. The number of H-pyrrole nitrogens is 1. The first kappa shape index (κ1) is 23.7. The molecular formula is C25H22F3N3O5. The summed E-state index contributed by atoms with van der Waals surface area (Å²) >= 11 is 0. The number of rotatable bonds is 7. The predicted molar refractivity (Wildman–Crippen MR) is 121 cm³/mol. The Labute approximate surface area is 202 Å². The van der Waals surface area contributed by atoms with E-state index in [2.05, 4.69) is 16.9 Å². The second kappa shape index (κ2) is 8.58. The summed E-state index contributed by atoms with van der Waals surface area (Å²) in [5, 5.41) is 0. The molecule has 1 saturated carbocycles. The largest absolute Gasteiger partial charge is 0.487 e. The second-order valence-electron chi connectivity index (χ2n) is 9.10. The summed E-state index contributed by atoms with van der Waals surface area (Å²) in [7, 11) is 0. The number of aromatic amines is 1. The van der Waals surface area contributed by atoms with Gasteiger partial charge < -0.3 is 13.7 Å². The first-order valence-corrected chi connectivity index (χ1v) is 11.2. The topological polar surface area (TPSA) is 103 Å². The molecule has 0 amide bonds. The molecule has 2 heterocycles. The maximum absolute atomic E-state index is 12.8. The molecule has 188 valence electrons. The molecule has 0 bridgehead atoms. The van der Waals surface area contributed by atoms with Crippen LogP contribution in [0.25, 0.3) is 11.5 Å². The number of ether oxygens (including phenoxy) is 1. The molecule has 8 nitrogen and oxygen atoms in total. The maximum Gasteiger partial charge on any atom is 0.440 e. The Kier molecular flexibility index (Phi) is 5.65. The minimum atomic E-state index is -4.41. The molecular weight excluding hydrogens is 479 g/mol. The van der Waals surface area contributed by atoms with Gasteiger partial charge in [0.25, 0.3) is 0 Å². The van der Waals surface area contributed by atoms with Gasteiger partial charge in [-0.15, -0.1) is 0 Å². The molecule has 2 atom stereocenters. The van der Waals surface area contributed by atoms with Crippen molar-refractivity contribution in [2.24, 2.45) is 5.92 Å². The van der Waals surface area contributed by atoms with Gasteiger partial charge in [0.2, 0.25) is 5.89 Å². The number of aromatic nitrogens is 3. The zero-order chi connectivity index (χ0) is 25.7. The number of oxazole rings is 1. The SMILES string of the molecule is Cc1oc(-c2ccc(C(F)(F)F)cc2)nc1COc1cccc(C2(C)CC2Cn2oc(=O)[nH]c2=O)c1. The van der Waals surface area contributed by atoms with Crippen molar-refractivity contribution in [1.82, 2.24) is 14.7 Å². The summed E-state index contributed by atoms with van der Waals surface area (Å²) in [5.41, 5.74) is 0.489. The Balaban J connectivity index is 1.26. The molecule has 0 saturated heterocycles. The first-order chi connectivity index (χ1) is 17.0. The van der Waals surface area contributed by atoms with Gasteiger partial charge in [0.15, 0.2) is 0 Å². The van der Waals surface area contributed by atoms with Gasteiger partial charge >= 0.3 is 17.6 Å². The number of hydrogen-bond donors (Lipinski definition) is 1. The number of hydrogen-bond acceptors (Lipinski definition) is 6. The molecule has 1 aliphatic carbocycles. The van der Waals surface area contributed by atoms with E-state index in [0.717, 1.165) is 28.9 Å². The lowest BCUT2D eigenvalue weighted by molar-refractivity contribution is -0.137. The quantitative estimate of drug-likeness (QED) is 0.395. The van der Waals surface area contributed by atoms with Crippen LogP contribution in [0.15, 0.2) is 67.1 Å². The lowest BCUT2D eigenvalue weighted by Gasteiger charge is -2.14. The van der Waals surface area contributed by atoms with Gasteiger partial charge in [0.1, 0.15) is 23.8 Å². The Morgan fingerprint density at radius 2 is 1.94 bits per heavy atom. The smallest absolute Gasteiger partial charge is 0.440 e. The van der Waals surface area contributed by atoms with Crippen LogP contribution < -0.4 is 16.2 Å². The second-order valence-corrected chi connectivity index (χ2v) is 9.10. The van der Waals surface area contributed by atoms with E-state index in [4.69, 9.17) is 13.7 Å². The van der Waals surface area contributed by atoms with E-state index in [9.17, 15) is 22.8 Å². The van der Waals surface area contributed by atoms with Crippen molar-refractivity contribution in [3.63, 3.8) is 0 Å². The minimum absolute atomic E-state index is 0.115. The van der Waals surface area contributed by atoms with E-state index in [-0.39, 0.29) is 23.8 Å². The third-order valence-corrected chi connectivity index (χ3v) is 6.65. The average Bonchev–Trinajstić information content (AvgIpc) is 3.16. The molecule has 1 aliphatic rings. The maximum atomic E-state index is 12.8. The number of nitrogens with one attached hydrogen (secondary N) is 1. The molecule has 2 aromatic carbocycles. The average molecular weight is 501 g/mol. The molecule has 0 aliphatic heterocycles. The van der Waals surface area contributed by atoms with Crippen molar-refractivity contribution in [2.45, 2.75) is 45.0 Å². The fourth-order valence-corrected chi connectivity index (χ4v) is 4.29. The van der Waals surface area contributed by atoms with Crippen molar-refractivity contribution in [3.8, 4) is 17.2 Å². The normalized spacial score (nSPS) is 19.4. The van der Waals surface area contributed by atoms with Crippen LogP contribution in [0, 0.1) is 12.8 Å². The summed E-state index contributed by atoms with van der Waals surface area (Å²) in [5.74, 6) is 0.682. The van der Waals surface area contributed by atoms with Crippen LogP contribution in [0.1, 0.15) is 35.9 Å². The molecule has 2 aromatic heterocycles. The van der Waals surface area contributed by atoms with Crippen molar-refractivity contribution < 1.29 is 26.8 Å². The van der Waals surface area contributed by atoms with E-state index in [0.29, 0.717) is 29.3 Å². The van der Waals surface area contributed by atoms with E-state index < -0.39 is 23.2 Å². The number of halogens is 3. The lowest BCUT2D eigenvalue weighted by atomic mass is 9.95. The predicted octanol–water partition coefficient (Wildman–Crippen LogP) is 4.67. The monoisotopic (exact) mass is 501 g/mol. The number of benzene rings is 2. The van der Waals surface area contributed by atoms with Crippen LogP contribution in [0.2, 0.25) is 0 Å². The van der Waals surface area contributed by atoms with Crippen LogP contribution in [0.4, 0.5) is 13.2 Å². The highest BCUT2D eigenvalue weighted by Gasteiger charge is 2.51. The van der Waals surface area contributed by atoms with Crippen LogP contribution in [0.3, 0.4) is 0 Å². The number of aryl methyl sites for hydroxylation is 1. The van der Waals surface area contributed by atoms with E-state index >= 15 is 0 Å². The summed E-state index contributed by atoms with van der Waals surface area (Å²) in [6, 6.07) is 12.2. The lowest BCUT2D eigenvalue weighted by Crippen LogP contribution is -2.19. The zero-order valence-electron chi connectivity index (χ0n) is 19.4. The van der Waals surface area contributed by atoms with Crippen LogP contribution in [0.5, 0.6) is 5.75 Å². The molecule has 0 spiro atoms. The molecule has 4 aromatic rings. The third kappa shape index (κ3) is 4.60. The van der Waals surface area contributed by atoms with Crippen LogP contribution >= 0.6 is 0 Å². The van der Waals surface area contributed by atoms with Gasteiger partial charge in [-0.3, -0.25) is 0 Å².